The van der Waals surface area contributed by atoms with Gasteiger partial charge in [-0.05, 0) is 61.6 Å². The van der Waals surface area contributed by atoms with E-state index in [0.717, 1.165) is 27.2 Å². The SMILES string of the molecule is COCCn1c(=NC(=O)C2CCN(S(=O)(=O)c3ccc(F)cc3)CC2)sc2cc(SC)ccc21. The number of ether oxygens (including phenoxy) is 1. The fourth-order valence-corrected chi connectivity index (χ4v) is 7.03. The Morgan fingerprint density at radius 2 is 1.91 bits per heavy atom. The summed E-state index contributed by atoms with van der Waals surface area (Å²) in [5, 5.41) is 0. The number of thioether (sulfide) groups is 1. The van der Waals surface area contributed by atoms with Crippen molar-refractivity contribution in [2.24, 2.45) is 10.9 Å². The van der Waals surface area contributed by atoms with Gasteiger partial charge in [-0.2, -0.15) is 9.30 Å². The maximum Gasteiger partial charge on any atom is 0.251 e. The molecule has 0 N–H and O–H groups in total. The van der Waals surface area contributed by atoms with Crippen LogP contribution in [0.4, 0.5) is 4.39 Å². The molecule has 2 heterocycles. The topological polar surface area (TPSA) is 81.0 Å². The lowest BCUT2D eigenvalue weighted by atomic mass is 9.98. The van der Waals surface area contributed by atoms with Crippen molar-refractivity contribution in [3.63, 3.8) is 0 Å². The van der Waals surface area contributed by atoms with Gasteiger partial charge in [-0.3, -0.25) is 4.79 Å². The number of piperidine rings is 1. The van der Waals surface area contributed by atoms with E-state index in [1.165, 1.54) is 27.8 Å². The third kappa shape index (κ3) is 5.28. The number of fused-ring (bicyclic) bond motifs is 1. The highest BCUT2D eigenvalue weighted by atomic mass is 32.2. The van der Waals surface area contributed by atoms with Gasteiger partial charge in [0.1, 0.15) is 5.82 Å². The molecule has 0 atom stereocenters. The van der Waals surface area contributed by atoms with E-state index < -0.39 is 15.8 Å². The highest BCUT2D eigenvalue weighted by Crippen LogP contribution is 2.26. The Morgan fingerprint density at radius 3 is 2.56 bits per heavy atom. The maximum atomic E-state index is 13.2. The van der Waals surface area contributed by atoms with Crippen molar-refractivity contribution in [2.45, 2.75) is 29.2 Å². The van der Waals surface area contributed by atoms with Gasteiger partial charge >= 0.3 is 0 Å². The highest BCUT2D eigenvalue weighted by molar-refractivity contribution is 7.98. The minimum atomic E-state index is -3.72. The molecule has 0 bridgehead atoms. The molecule has 1 amide bonds. The van der Waals surface area contributed by atoms with Gasteiger partial charge < -0.3 is 9.30 Å². The number of benzene rings is 2. The van der Waals surface area contributed by atoms with Crippen LogP contribution in [0.2, 0.25) is 0 Å². The predicted octanol–water partition coefficient (Wildman–Crippen LogP) is 3.74. The Morgan fingerprint density at radius 1 is 1.21 bits per heavy atom. The van der Waals surface area contributed by atoms with Gasteiger partial charge in [-0.15, -0.1) is 11.8 Å². The van der Waals surface area contributed by atoms with E-state index in [-0.39, 0.29) is 29.8 Å². The van der Waals surface area contributed by atoms with Crippen LogP contribution in [0.25, 0.3) is 10.2 Å². The molecule has 1 saturated heterocycles. The molecular formula is C23H26FN3O4S3. The molecule has 2 aromatic carbocycles. The number of carbonyl (C=O) groups excluding carboxylic acids is 1. The number of hydrogen-bond donors (Lipinski definition) is 0. The Hall–Kier alpha value is -2.05. The van der Waals surface area contributed by atoms with Crippen LogP contribution in [0.15, 0.2) is 57.2 Å². The largest absolute Gasteiger partial charge is 0.383 e. The fraction of sp³-hybridized carbons (Fsp3) is 0.391. The molecule has 0 unspecified atom stereocenters. The summed E-state index contributed by atoms with van der Waals surface area (Å²) >= 11 is 3.13. The molecule has 0 spiro atoms. The van der Waals surface area contributed by atoms with Gasteiger partial charge in [-0.25, -0.2) is 12.8 Å². The van der Waals surface area contributed by atoms with Gasteiger partial charge in [0.25, 0.3) is 5.91 Å². The summed E-state index contributed by atoms with van der Waals surface area (Å²) in [4.78, 5) is 19.3. The lowest BCUT2D eigenvalue weighted by molar-refractivity contribution is -0.122. The van der Waals surface area contributed by atoms with Gasteiger partial charge in [0.15, 0.2) is 4.80 Å². The summed E-state index contributed by atoms with van der Waals surface area (Å²) in [6, 6.07) is 11.0. The van der Waals surface area contributed by atoms with Crippen LogP contribution >= 0.6 is 23.1 Å². The standard InChI is InChI=1S/C23H26FN3O4S3/c1-31-14-13-27-20-8-5-18(32-2)15-21(20)33-23(27)25-22(28)16-9-11-26(12-10-16)34(29,30)19-6-3-17(24)4-7-19/h3-8,15-16H,9-14H2,1-2H3. The van der Waals surface area contributed by atoms with Gasteiger partial charge in [0, 0.05) is 37.6 Å². The van der Waals surface area contributed by atoms with E-state index in [2.05, 4.69) is 11.1 Å². The van der Waals surface area contributed by atoms with E-state index in [1.807, 2.05) is 23.0 Å². The fourth-order valence-electron chi connectivity index (χ4n) is 3.95. The number of aromatic nitrogens is 1. The minimum Gasteiger partial charge on any atom is -0.383 e. The Kier molecular flexibility index (Phi) is 7.88. The van der Waals surface area contributed by atoms with E-state index in [1.54, 1.807) is 18.9 Å². The van der Waals surface area contributed by atoms with Gasteiger partial charge in [0.05, 0.1) is 21.7 Å². The van der Waals surface area contributed by atoms with Crippen LogP contribution in [0, 0.1) is 11.7 Å². The number of methoxy groups -OCH3 is 1. The first-order valence-corrected chi connectivity index (χ1v) is 14.3. The summed E-state index contributed by atoms with van der Waals surface area (Å²) in [6.07, 6.45) is 2.80. The van der Waals surface area contributed by atoms with E-state index in [0.29, 0.717) is 30.8 Å². The lowest BCUT2D eigenvalue weighted by Crippen LogP contribution is -2.40. The molecule has 1 aromatic heterocycles. The smallest absolute Gasteiger partial charge is 0.251 e. The Balaban J connectivity index is 1.53. The van der Waals surface area contributed by atoms with E-state index in [4.69, 9.17) is 4.74 Å². The molecule has 7 nitrogen and oxygen atoms in total. The third-order valence-electron chi connectivity index (χ3n) is 5.87. The number of sulfonamides is 1. The molecule has 1 aliphatic rings. The summed E-state index contributed by atoms with van der Waals surface area (Å²) in [6.45, 7) is 1.52. The first-order chi connectivity index (χ1) is 16.3. The summed E-state index contributed by atoms with van der Waals surface area (Å²) in [5.74, 6) is -1.07. The maximum absolute atomic E-state index is 13.2. The number of rotatable bonds is 7. The van der Waals surface area contributed by atoms with Crippen LogP contribution in [-0.4, -0.2) is 56.3 Å². The summed E-state index contributed by atoms with van der Waals surface area (Å²) in [5.41, 5.74) is 1.01. The van der Waals surface area contributed by atoms with Gasteiger partial charge in [0.2, 0.25) is 10.0 Å². The molecule has 182 valence electrons. The summed E-state index contributed by atoms with van der Waals surface area (Å²) < 4.78 is 48.5. The lowest BCUT2D eigenvalue weighted by Gasteiger charge is -2.29. The first-order valence-electron chi connectivity index (χ1n) is 10.8. The zero-order valence-electron chi connectivity index (χ0n) is 18.9. The number of halogens is 1. The van der Waals surface area contributed by atoms with Crippen LogP contribution < -0.4 is 4.80 Å². The molecule has 0 aliphatic carbocycles. The second-order valence-corrected chi connectivity index (χ2v) is 11.8. The minimum absolute atomic E-state index is 0.0532. The van der Waals surface area contributed by atoms with E-state index in [9.17, 15) is 17.6 Å². The summed E-state index contributed by atoms with van der Waals surface area (Å²) in [7, 11) is -2.09. The van der Waals surface area contributed by atoms with Crippen molar-refractivity contribution in [3.05, 3.63) is 53.1 Å². The van der Waals surface area contributed by atoms with Crippen molar-refractivity contribution in [1.29, 1.82) is 0 Å². The van der Waals surface area contributed by atoms with Crippen molar-refractivity contribution < 1.29 is 22.3 Å². The number of nitrogens with zero attached hydrogens (tertiary/aromatic N) is 3. The van der Waals surface area contributed by atoms with Crippen molar-refractivity contribution in [2.75, 3.05) is 33.1 Å². The van der Waals surface area contributed by atoms with Crippen molar-refractivity contribution in [1.82, 2.24) is 8.87 Å². The number of carbonyl (C=O) groups is 1. The average molecular weight is 524 g/mol. The molecule has 11 heteroatoms. The molecular weight excluding hydrogens is 497 g/mol. The highest BCUT2D eigenvalue weighted by Gasteiger charge is 2.32. The normalized spacial score (nSPS) is 16.4. The van der Waals surface area contributed by atoms with Crippen molar-refractivity contribution >= 4 is 49.2 Å². The molecule has 1 fully saturated rings. The zero-order chi connectivity index (χ0) is 24.3. The molecule has 0 radical (unpaired) electrons. The second kappa shape index (κ2) is 10.7. The van der Waals surface area contributed by atoms with Crippen molar-refractivity contribution in [3.8, 4) is 0 Å². The van der Waals surface area contributed by atoms with Crippen LogP contribution in [0.1, 0.15) is 12.8 Å². The number of hydrogen-bond acceptors (Lipinski definition) is 6. The molecule has 1 aliphatic heterocycles. The Labute approximate surface area is 206 Å². The second-order valence-electron chi connectivity index (χ2n) is 7.95. The van der Waals surface area contributed by atoms with Crippen LogP contribution in [0.5, 0.6) is 0 Å². The van der Waals surface area contributed by atoms with Crippen LogP contribution in [0.3, 0.4) is 0 Å². The predicted molar refractivity (Wildman–Crippen MR) is 132 cm³/mol. The quantitative estimate of drug-likeness (QED) is 0.441. The van der Waals surface area contributed by atoms with E-state index >= 15 is 0 Å². The molecule has 34 heavy (non-hydrogen) atoms. The first kappa shape index (κ1) is 25.1. The number of thiazole rings is 1. The van der Waals surface area contributed by atoms with Crippen LogP contribution in [-0.2, 0) is 26.1 Å². The monoisotopic (exact) mass is 523 g/mol. The van der Waals surface area contributed by atoms with Gasteiger partial charge in [-0.1, -0.05) is 11.3 Å². The number of amides is 1. The third-order valence-corrected chi connectivity index (χ3v) is 9.55. The molecule has 4 rings (SSSR count). The molecule has 3 aromatic rings. The molecule has 0 saturated carbocycles. The Bertz CT molecular complexity index is 1340. The average Bonchev–Trinajstić information content (AvgIpc) is 3.18. The zero-order valence-corrected chi connectivity index (χ0v) is 21.4.